The highest BCUT2D eigenvalue weighted by atomic mass is 35.5. The molecule has 1 aliphatic rings. The number of methoxy groups -OCH3 is 3. The topological polar surface area (TPSA) is 85.9 Å². The molecule has 0 heterocycles. The normalized spacial score (nSPS) is 14.0. The van der Waals surface area contributed by atoms with Gasteiger partial charge >= 0.3 is 0 Å². The molecule has 9 heteroatoms. The van der Waals surface area contributed by atoms with E-state index >= 15 is 0 Å². The molecular formula is C14H23ClN2O5S. The van der Waals surface area contributed by atoms with Crippen LogP contribution in [0.4, 0.5) is 0 Å². The Morgan fingerprint density at radius 2 is 1.61 bits per heavy atom. The highest BCUT2D eigenvalue weighted by Crippen LogP contribution is 2.37. The van der Waals surface area contributed by atoms with Crippen LogP contribution in [0.3, 0.4) is 0 Å². The lowest BCUT2D eigenvalue weighted by Gasteiger charge is -2.15. The van der Waals surface area contributed by atoms with Crippen molar-refractivity contribution in [3.05, 3.63) is 12.1 Å². The molecule has 1 fully saturated rings. The Hall–Kier alpha value is -1.22. The summed E-state index contributed by atoms with van der Waals surface area (Å²) in [5.41, 5.74) is 0. The Kier molecular flexibility index (Phi) is 7.40. The van der Waals surface area contributed by atoms with Crippen LogP contribution >= 0.6 is 12.4 Å². The third-order valence-corrected chi connectivity index (χ3v) is 4.89. The SMILES string of the molecule is COc1cc(OC)c(S(=O)(=O)NCCNC2CC2)c(OC)c1.Cl. The van der Waals surface area contributed by atoms with Crippen molar-refractivity contribution in [1.82, 2.24) is 10.0 Å². The highest BCUT2D eigenvalue weighted by molar-refractivity contribution is 7.89. The summed E-state index contributed by atoms with van der Waals surface area (Å²) < 4.78 is 43.0. The van der Waals surface area contributed by atoms with Crippen LogP contribution in [-0.4, -0.2) is 48.9 Å². The van der Waals surface area contributed by atoms with E-state index in [4.69, 9.17) is 14.2 Å². The summed E-state index contributed by atoms with van der Waals surface area (Å²) in [7, 11) is 0.556. The van der Waals surface area contributed by atoms with E-state index in [1.165, 1.54) is 33.5 Å². The monoisotopic (exact) mass is 366 g/mol. The highest BCUT2D eigenvalue weighted by Gasteiger charge is 2.26. The van der Waals surface area contributed by atoms with E-state index in [2.05, 4.69) is 10.0 Å². The number of rotatable bonds is 9. The number of sulfonamides is 1. The minimum absolute atomic E-state index is 0. The summed E-state index contributed by atoms with van der Waals surface area (Å²) in [6.07, 6.45) is 2.32. The zero-order valence-electron chi connectivity index (χ0n) is 13.4. The molecule has 0 radical (unpaired) electrons. The maximum atomic E-state index is 12.5. The van der Waals surface area contributed by atoms with Crippen molar-refractivity contribution in [1.29, 1.82) is 0 Å². The molecule has 0 bridgehead atoms. The minimum atomic E-state index is -3.74. The molecule has 0 saturated heterocycles. The van der Waals surface area contributed by atoms with Crippen LogP contribution in [-0.2, 0) is 10.0 Å². The van der Waals surface area contributed by atoms with E-state index in [0.717, 1.165) is 12.8 Å². The van der Waals surface area contributed by atoms with E-state index in [9.17, 15) is 8.42 Å². The predicted octanol–water partition coefficient (Wildman–Crippen LogP) is 1.16. The van der Waals surface area contributed by atoms with Gasteiger partial charge in [-0.3, -0.25) is 0 Å². The standard InChI is InChI=1S/C14H22N2O5S.ClH/c1-19-11-8-12(20-2)14(13(9-11)21-3)22(17,18)16-7-6-15-10-4-5-10;/h8-10,15-16H,4-7H2,1-3H3;1H. The second kappa shape index (κ2) is 8.58. The predicted molar refractivity (Wildman–Crippen MR) is 89.6 cm³/mol. The molecular weight excluding hydrogens is 344 g/mol. The Labute approximate surface area is 143 Å². The Morgan fingerprint density at radius 3 is 2.04 bits per heavy atom. The number of benzene rings is 1. The van der Waals surface area contributed by atoms with Gasteiger partial charge in [-0.15, -0.1) is 12.4 Å². The number of halogens is 1. The zero-order chi connectivity index (χ0) is 16.2. The average molecular weight is 367 g/mol. The van der Waals surface area contributed by atoms with Gasteiger partial charge < -0.3 is 19.5 Å². The molecule has 2 N–H and O–H groups in total. The second-order valence-corrected chi connectivity index (χ2v) is 6.69. The van der Waals surface area contributed by atoms with Crippen LogP contribution in [0, 0.1) is 0 Å². The lowest BCUT2D eigenvalue weighted by Crippen LogP contribution is -2.33. The lowest BCUT2D eigenvalue weighted by atomic mass is 10.3. The van der Waals surface area contributed by atoms with Gasteiger partial charge in [0.1, 0.15) is 17.2 Å². The van der Waals surface area contributed by atoms with Crippen LogP contribution in [0.2, 0.25) is 0 Å². The van der Waals surface area contributed by atoms with E-state index in [1.54, 1.807) is 0 Å². The molecule has 23 heavy (non-hydrogen) atoms. The van der Waals surface area contributed by atoms with Gasteiger partial charge in [0.05, 0.1) is 21.3 Å². The van der Waals surface area contributed by atoms with Gasteiger partial charge in [0.2, 0.25) is 10.0 Å². The molecule has 0 unspecified atom stereocenters. The molecule has 0 spiro atoms. The van der Waals surface area contributed by atoms with Crippen LogP contribution in [0.25, 0.3) is 0 Å². The maximum Gasteiger partial charge on any atom is 0.248 e. The van der Waals surface area contributed by atoms with E-state index < -0.39 is 10.0 Å². The van der Waals surface area contributed by atoms with Crippen molar-refractivity contribution in [3.8, 4) is 17.2 Å². The number of ether oxygens (including phenoxy) is 3. The van der Waals surface area contributed by atoms with Gasteiger partial charge in [0.15, 0.2) is 4.90 Å². The van der Waals surface area contributed by atoms with Crippen molar-refractivity contribution in [3.63, 3.8) is 0 Å². The lowest BCUT2D eigenvalue weighted by molar-refractivity contribution is 0.358. The summed E-state index contributed by atoms with van der Waals surface area (Å²) in [5, 5.41) is 3.25. The zero-order valence-corrected chi connectivity index (χ0v) is 15.1. The summed E-state index contributed by atoms with van der Waals surface area (Å²) in [4.78, 5) is -0.0234. The fourth-order valence-electron chi connectivity index (χ4n) is 2.06. The molecule has 1 aliphatic carbocycles. The molecule has 132 valence electrons. The summed E-state index contributed by atoms with van der Waals surface area (Å²) in [6, 6.07) is 3.56. The van der Waals surface area contributed by atoms with Gasteiger partial charge in [0, 0.05) is 31.3 Å². The smallest absolute Gasteiger partial charge is 0.248 e. The van der Waals surface area contributed by atoms with Crippen molar-refractivity contribution in [2.45, 2.75) is 23.8 Å². The van der Waals surface area contributed by atoms with Gasteiger partial charge in [-0.05, 0) is 12.8 Å². The Morgan fingerprint density at radius 1 is 1.04 bits per heavy atom. The quantitative estimate of drug-likeness (QED) is 0.638. The van der Waals surface area contributed by atoms with Crippen molar-refractivity contribution < 1.29 is 22.6 Å². The van der Waals surface area contributed by atoms with Crippen LogP contribution in [0.5, 0.6) is 17.2 Å². The van der Waals surface area contributed by atoms with Crippen LogP contribution < -0.4 is 24.2 Å². The van der Waals surface area contributed by atoms with Gasteiger partial charge in [-0.25, -0.2) is 13.1 Å². The van der Waals surface area contributed by atoms with Gasteiger partial charge in [-0.1, -0.05) is 0 Å². The van der Waals surface area contributed by atoms with Crippen molar-refractivity contribution >= 4 is 22.4 Å². The average Bonchev–Trinajstić information content (AvgIpc) is 3.34. The fourth-order valence-corrected chi connectivity index (χ4v) is 3.39. The largest absolute Gasteiger partial charge is 0.496 e. The minimum Gasteiger partial charge on any atom is -0.496 e. The Balaban J connectivity index is 0.00000264. The molecule has 0 aromatic heterocycles. The first kappa shape index (κ1) is 19.8. The molecule has 0 atom stereocenters. The van der Waals surface area contributed by atoms with Gasteiger partial charge in [-0.2, -0.15) is 0 Å². The first-order chi connectivity index (χ1) is 10.5. The van der Waals surface area contributed by atoms with Crippen LogP contribution in [0.15, 0.2) is 17.0 Å². The fraction of sp³-hybridized carbons (Fsp3) is 0.571. The maximum absolute atomic E-state index is 12.5. The van der Waals surface area contributed by atoms with Crippen molar-refractivity contribution in [2.75, 3.05) is 34.4 Å². The molecule has 7 nitrogen and oxygen atoms in total. The van der Waals surface area contributed by atoms with Crippen molar-refractivity contribution in [2.24, 2.45) is 0 Å². The van der Waals surface area contributed by atoms with E-state index in [1.807, 2.05) is 0 Å². The molecule has 0 amide bonds. The molecule has 1 saturated carbocycles. The Bertz CT molecular complexity index is 595. The molecule has 2 rings (SSSR count). The second-order valence-electron chi connectivity index (χ2n) is 4.99. The third-order valence-electron chi connectivity index (χ3n) is 3.37. The number of hydrogen-bond acceptors (Lipinski definition) is 6. The summed E-state index contributed by atoms with van der Waals surface area (Å²) >= 11 is 0. The first-order valence-electron chi connectivity index (χ1n) is 7.05. The molecule has 1 aromatic rings. The molecule has 1 aromatic carbocycles. The number of hydrogen-bond donors (Lipinski definition) is 2. The van der Waals surface area contributed by atoms with Gasteiger partial charge in [0.25, 0.3) is 0 Å². The summed E-state index contributed by atoms with van der Waals surface area (Å²) in [5.74, 6) is 0.820. The summed E-state index contributed by atoms with van der Waals surface area (Å²) in [6.45, 7) is 0.891. The third kappa shape index (κ3) is 5.13. The first-order valence-corrected chi connectivity index (χ1v) is 8.53. The van der Waals surface area contributed by atoms with E-state index in [0.29, 0.717) is 24.9 Å². The number of nitrogens with one attached hydrogen (secondary N) is 2. The van der Waals surface area contributed by atoms with E-state index in [-0.39, 0.29) is 28.8 Å². The van der Waals surface area contributed by atoms with Crippen LogP contribution in [0.1, 0.15) is 12.8 Å². The molecule has 0 aliphatic heterocycles.